The Labute approximate surface area is 215 Å². The van der Waals surface area contributed by atoms with Crippen molar-refractivity contribution in [2.75, 3.05) is 25.5 Å². The lowest BCUT2D eigenvalue weighted by molar-refractivity contribution is -0.127. The van der Waals surface area contributed by atoms with Gasteiger partial charge in [0.25, 0.3) is 0 Å². The SMILES string of the molecule is Nc1nccc2c1n(-c1ccc(Oc3c(F)cccc3F)cc1)c(=O)n2C1CCCN(C(=O)/C=C/CF)C1. The number of alkyl halides is 1. The maximum absolute atomic E-state index is 14.0. The van der Waals surface area contributed by atoms with Crippen LogP contribution in [0.1, 0.15) is 18.9 Å². The molecule has 4 aromatic rings. The number of allylic oxidation sites excluding steroid dienone is 1. The summed E-state index contributed by atoms with van der Waals surface area (Å²) < 4.78 is 48.9. The normalized spacial score (nSPS) is 15.9. The molecule has 1 aliphatic rings. The molecular weight excluding hydrogens is 499 g/mol. The lowest BCUT2D eigenvalue weighted by Crippen LogP contribution is -2.42. The molecule has 2 aromatic carbocycles. The predicted molar refractivity (Wildman–Crippen MR) is 136 cm³/mol. The van der Waals surface area contributed by atoms with Crippen molar-refractivity contribution >= 4 is 22.8 Å². The number of rotatable bonds is 6. The van der Waals surface area contributed by atoms with Crippen molar-refractivity contribution in [3.8, 4) is 17.2 Å². The summed E-state index contributed by atoms with van der Waals surface area (Å²) in [7, 11) is 0. The molecule has 3 heterocycles. The van der Waals surface area contributed by atoms with Crippen molar-refractivity contribution in [3.63, 3.8) is 0 Å². The van der Waals surface area contributed by atoms with E-state index in [4.69, 9.17) is 10.5 Å². The molecular formula is C27H24F3N5O3. The number of nitrogens with zero attached hydrogens (tertiary/aromatic N) is 4. The first-order chi connectivity index (χ1) is 18.4. The number of hydrogen-bond donors (Lipinski definition) is 1. The monoisotopic (exact) mass is 523 g/mol. The molecule has 2 aromatic heterocycles. The molecule has 1 atom stereocenters. The molecule has 5 rings (SSSR count). The number of nitrogens with two attached hydrogens (primary N) is 1. The van der Waals surface area contributed by atoms with Gasteiger partial charge in [0.05, 0.1) is 17.2 Å². The summed E-state index contributed by atoms with van der Waals surface area (Å²) in [4.78, 5) is 32.0. The molecule has 0 bridgehead atoms. The van der Waals surface area contributed by atoms with Gasteiger partial charge in [0.15, 0.2) is 17.4 Å². The zero-order valence-electron chi connectivity index (χ0n) is 20.2. The van der Waals surface area contributed by atoms with Crippen LogP contribution in [0.5, 0.6) is 11.5 Å². The minimum atomic E-state index is -0.840. The van der Waals surface area contributed by atoms with E-state index in [0.29, 0.717) is 36.1 Å². The molecule has 0 saturated carbocycles. The van der Waals surface area contributed by atoms with Gasteiger partial charge in [0.2, 0.25) is 5.91 Å². The molecule has 2 N–H and O–H groups in total. The smallest absolute Gasteiger partial charge is 0.334 e. The van der Waals surface area contributed by atoms with Gasteiger partial charge in [0, 0.05) is 25.4 Å². The van der Waals surface area contributed by atoms with Gasteiger partial charge in [-0.25, -0.2) is 22.9 Å². The summed E-state index contributed by atoms with van der Waals surface area (Å²) in [5.41, 5.74) is 7.20. The molecule has 8 nitrogen and oxygen atoms in total. The third-order valence-electron chi connectivity index (χ3n) is 6.47. The number of piperidine rings is 1. The second-order valence-electron chi connectivity index (χ2n) is 8.84. The van der Waals surface area contributed by atoms with Crippen LogP contribution in [0, 0.1) is 11.6 Å². The van der Waals surface area contributed by atoms with Gasteiger partial charge >= 0.3 is 5.69 Å². The van der Waals surface area contributed by atoms with E-state index >= 15 is 0 Å². The lowest BCUT2D eigenvalue weighted by atomic mass is 10.1. The first kappa shape index (κ1) is 25.1. The van der Waals surface area contributed by atoms with E-state index in [1.807, 2.05) is 0 Å². The number of hydrogen-bond acceptors (Lipinski definition) is 5. The maximum Gasteiger partial charge on any atom is 0.334 e. The van der Waals surface area contributed by atoms with Gasteiger partial charge in [-0.05, 0) is 61.4 Å². The number of halogens is 3. The fraction of sp³-hybridized carbons (Fsp3) is 0.222. The lowest BCUT2D eigenvalue weighted by Gasteiger charge is -2.32. The summed E-state index contributed by atoms with van der Waals surface area (Å²) >= 11 is 0. The molecule has 1 fully saturated rings. The number of anilines is 1. The molecule has 38 heavy (non-hydrogen) atoms. The Morgan fingerprint density at radius 1 is 1.13 bits per heavy atom. The Bertz CT molecular complexity index is 1560. The number of nitrogen functional groups attached to an aromatic ring is 1. The highest BCUT2D eigenvalue weighted by atomic mass is 19.1. The number of fused-ring (bicyclic) bond motifs is 1. The molecule has 0 spiro atoms. The Morgan fingerprint density at radius 2 is 1.87 bits per heavy atom. The van der Waals surface area contributed by atoms with Gasteiger partial charge in [0.1, 0.15) is 23.8 Å². The molecule has 1 unspecified atom stereocenters. The van der Waals surface area contributed by atoms with Crippen LogP contribution >= 0.6 is 0 Å². The first-order valence-corrected chi connectivity index (χ1v) is 12.0. The van der Waals surface area contributed by atoms with Gasteiger partial charge in [-0.3, -0.25) is 13.9 Å². The zero-order valence-corrected chi connectivity index (χ0v) is 20.2. The second kappa shape index (κ2) is 10.4. The molecule has 11 heteroatoms. The predicted octanol–water partition coefficient (Wildman–Crippen LogP) is 4.53. The highest BCUT2D eigenvalue weighted by Gasteiger charge is 2.28. The minimum Gasteiger partial charge on any atom is -0.451 e. The zero-order chi connectivity index (χ0) is 26.8. The van der Waals surface area contributed by atoms with Crippen LogP contribution in [0.15, 0.2) is 71.7 Å². The number of aromatic nitrogens is 3. The van der Waals surface area contributed by atoms with Crippen molar-refractivity contribution in [1.29, 1.82) is 0 Å². The Kier molecular flexibility index (Phi) is 6.91. The van der Waals surface area contributed by atoms with Crippen LogP contribution in [0.25, 0.3) is 16.7 Å². The van der Waals surface area contributed by atoms with Crippen LogP contribution in [0.4, 0.5) is 19.0 Å². The van der Waals surface area contributed by atoms with Crippen molar-refractivity contribution in [2.45, 2.75) is 18.9 Å². The number of benzene rings is 2. The average Bonchev–Trinajstić information content (AvgIpc) is 3.22. The van der Waals surface area contributed by atoms with E-state index in [2.05, 4.69) is 4.98 Å². The molecule has 196 valence electrons. The van der Waals surface area contributed by atoms with E-state index in [1.165, 1.54) is 35.0 Å². The summed E-state index contributed by atoms with van der Waals surface area (Å²) in [6.45, 7) is 0.0477. The van der Waals surface area contributed by atoms with E-state index in [9.17, 15) is 22.8 Å². The number of imidazole rings is 1. The summed E-state index contributed by atoms with van der Waals surface area (Å²) in [5.74, 6) is -2.21. The number of ether oxygens (including phenoxy) is 1. The number of carbonyl (C=O) groups excluding carboxylic acids is 1. The van der Waals surface area contributed by atoms with E-state index < -0.39 is 24.1 Å². The summed E-state index contributed by atoms with van der Waals surface area (Å²) in [6.07, 6.45) is 5.18. The number of likely N-dealkylation sites (tertiary alicyclic amines) is 1. The standard InChI is InChI=1S/C27H24F3N5O3/c28-13-2-7-23(36)33-15-3-4-18(16-33)34-22-12-14-32-26(31)24(22)35(27(34)37)17-8-10-19(11-9-17)38-25-20(29)5-1-6-21(25)30/h1-2,5-12,14,18H,3-4,13,15-16H2,(H2,31,32)/b7-2+. The van der Waals surface area contributed by atoms with E-state index in [1.54, 1.807) is 27.7 Å². The van der Waals surface area contributed by atoms with Crippen LogP contribution in [-0.4, -0.2) is 44.7 Å². The summed E-state index contributed by atoms with van der Waals surface area (Å²) in [5, 5.41) is 0. The highest BCUT2D eigenvalue weighted by molar-refractivity contribution is 5.88. The Balaban J connectivity index is 1.52. The fourth-order valence-electron chi connectivity index (χ4n) is 4.76. The molecule has 1 amide bonds. The van der Waals surface area contributed by atoms with Crippen LogP contribution in [0.2, 0.25) is 0 Å². The van der Waals surface area contributed by atoms with Gasteiger partial charge < -0.3 is 15.4 Å². The Hall–Kier alpha value is -4.54. The average molecular weight is 524 g/mol. The van der Waals surface area contributed by atoms with Crippen molar-refractivity contribution < 1.29 is 22.7 Å². The third kappa shape index (κ3) is 4.62. The largest absolute Gasteiger partial charge is 0.451 e. The van der Waals surface area contributed by atoms with Gasteiger partial charge in [-0.15, -0.1) is 0 Å². The highest BCUT2D eigenvalue weighted by Crippen LogP contribution is 2.31. The van der Waals surface area contributed by atoms with E-state index in [-0.39, 0.29) is 35.8 Å². The topological polar surface area (TPSA) is 95.4 Å². The number of amides is 1. The van der Waals surface area contributed by atoms with E-state index in [0.717, 1.165) is 18.2 Å². The number of pyridine rings is 1. The Morgan fingerprint density at radius 3 is 2.58 bits per heavy atom. The minimum absolute atomic E-state index is 0.140. The van der Waals surface area contributed by atoms with Gasteiger partial charge in [-0.1, -0.05) is 6.07 Å². The van der Waals surface area contributed by atoms with Crippen LogP contribution < -0.4 is 16.2 Å². The van der Waals surface area contributed by atoms with Crippen molar-refractivity contribution in [2.24, 2.45) is 0 Å². The van der Waals surface area contributed by atoms with Crippen molar-refractivity contribution in [1.82, 2.24) is 19.0 Å². The summed E-state index contributed by atoms with van der Waals surface area (Å²) in [6, 6.07) is 10.9. The van der Waals surface area contributed by atoms with Crippen LogP contribution in [-0.2, 0) is 4.79 Å². The second-order valence-corrected chi connectivity index (χ2v) is 8.84. The fourth-order valence-corrected chi connectivity index (χ4v) is 4.76. The maximum atomic E-state index is 14.0. The molecule has 1 saturated heterocycles. The third-order valence-corrected chi connectivity index (χ3v) is 6.47. The molecule has 1 aliphatic heterocycles. The quantitative estimate of drug-likeness (QED) is 0.375. The number of para-hydroxylation sites is 1. The molecule has 0 radical (unpaired) electrons. The molecule has 0 aliphatic carbocycles. The van der Waals surface area contributed by atoms with Gasteiger partial charge in [-0.2, -0.15) is 0 Å². The van der Waals surface area contributed by atoms with Crippen molar-refractivity contribution in [3.05, 3.63) is 89.0 Å². The van der Waals surface area contributed by atoms with Crippen LogP contribution in [0.3, 0.4) is 0 Å². The number of carbonyl (C=O) groups is 1. The first-order valence-electron chi connectivity index (χ1n) is 12.0.